The Labute approximate surface area is 187 Å². The van der Waals surface area contributed by atoms with Crippen molar-refractivity contribution in [2.75, 3.05) is 10.2 Å². The summed E-state index contributed by atoms with van der Waals surface area (Å²) in [5.41, 5.74) is -0.986. The molecule has 2 aromatic carbocycles. The van der Waals surface area contributed by atoms with Crippen molar-refractivity contribution >= 4 is 29.1 Å². The summed E-state index contributed by atoms with van der Waals surface area (Å²) >= 11 is 0. The van der Waals surface area contributed by atoms with E-state index in [9.17, 15) is 27.6 Å². The van der Waals surface area contributed by atoms with Gasteiger partial charge < -0.3 is 5.32 Å². The Bertz CT molecular complexity index is 1200. The van der Waals surface area contributed by atoms with Crippen molar-refractivity contribution in [2.24, 2.45) is 35.5 Å². The fourth-order valence-corrected chi connectivity index (χ4v) is 6.03. The highest BCUT2D eigenvalue weighted by Gasteiger charge is 2.67. The molecule has 0 spiro atoms. The largest absolute Gasteiger partial charge is 0.418 e. The smallest absolute Gasteiger partial charge is 0.321 e. The highest BCUT2D eigenvalue weighted by atomic mass is 19.4. The van der Waals surface area contributed by atoms with Crippen LogP contribution in [-0.4, -0.2) is 17.7 Å². The van der Waals surface area contributed by atoms with Crippen LogP contribution in [0.1, 0.15) is 22.3 Å². The first-order valence-electron chi connectivity index (χ1n) is 10.9. The highest BCUT2D eigenvalue weighted by molar-refractivity contribution is 6.23. The maximum absolute atomic E-state index is 13.3. The molecule has 7 rings (SSSR count). The van der Waals surface area contributed by atoms with Crippen LogP contribution in [0.5, 0.6) is 0 Å². The Hall–Kier alpha value is -3.42. The maximum atomic E-state index is 13.3. The van der Waals surface area contributed by atoms with Crippen LogP contribution in [-0.2, 0) is 15.8 Å². The Balaban J connectivity index is 1.28. The minimum atomic E-state index is -4.62. The zero-order valence-corrected chi connectivity index (χ0v) is 17.3. The first kappa shape index (κ1) is 20.2. The normalized spacial score (nSPS) is 31.4. The first-order valence-corrected chi connectivity index (χ1v) is 10.9. The molecule has 0 aromatic heterocycles. The van der Waals surface area contributed by atoms with Crippen molar-refractivity contribution in [3.63, 3.8) is 0 Å². The molecule has 33 heavy (non-hydrogen) atoms. The summed E-state index contributed by atoms with van der Waals surface area (Å²) in [5, 5.41) is 2.30. The van der Waals surface area contributed by atoms with E-state index in [-0.39, 0.29) is 52.4 Å². The molecule has 1 heterocycles. The van der Waals surface area contributed by atoms with Crippen molar-refractivity contribution < 1.29 is 27.6 Å². The number of amides is 3. The van der Waals surface area contributed by atoms with E-state index in [1.54, 1.807) is 6.07 Å². The van der Waals surface area contributed by atoms with E-state index in [4.69, 9.17) is 0 Å². The van der Waals surface area contributed by atoms with Gasteiger partial charge in [0, 0.05) is 5.56 Å². The van der Waals surface area contributed by atoms with Gasteiger partial charge in [-0.3, -0.25) is 14.4 Å². The molecule has 168 valence electrons. The fraction of sp³-hybridized carbons (Fsp3) is 0.320. The summed E-state index contributed by atoms with van der Waals surface area (Å²) < 4.78 is 39.8. The quantitative estimate of drug-likeness (QED) is 0.550. The lowest BCUT2D eigenvalue weighted by Crippen LogP contribution is -2.40. The van der Waals surface area contributed by atoms with Gasteiger partial charge >= 0.3 is 6.18 Å². The third kappa shape index (κ3) is 2.96. The molecule has 5 nitrogen and oxygen atoms in total. The molecule has 2 saturated carbocycles. The third-order valence-corrected chi connectivity index (χ3v) is 7.51. The molecule has 0 radical (unpaired) electrons. The lowest BCUT2D eigenvalue weighted by molar-refractivity contribution is -0.137. The first-order chi connectivity index (χ1) is 15.8. The number of hydrogen-bond acceptors (Lipinski definition) is 3. The Morgan fingerprint density at radius 3 is 2.18 bits per heavy atom. The number of carbonyl (C=O) groups excluding carboxylic acids is 3. The van der Waals surface area contributed by atoms with Gasteiger partial charge in [0.25, 0.3) is 5.91 Å². The zero-order chi connectivity index (χ0) is 23.1. The Morgan fingerprint density at radius 2 is 1.55 bits per heavy atom. The summed E-state index contributed by atoms with van der Waals surface area (Å²) in [7, 11) is 0. The van der Waals surface area contributed by atoms with Gasteiger partial charge in [-0.2, -0.15) is 13.2 Å². The van der Waals surface area contributed by atoms with Crippen LogP contribution in [0.25, 0.3) is 0 Å². The number of halogens is 3. The molecule has 3 amide bonds. The molecule has 4 aliphatic carbocycles. The Kier molecular flexibility index (Phi) is 4.16. The van der Waals surface area contributed by atoms with E-state index < -0.39 is 17.6 Å². The molecule has 2 aromatic rings. The lowest BCUT2D eigenvalue weighted by atomic mass is 9.63. The monoisotopic (exact) mass is 452 g/mol. The maximum Gasteiger partial charge on any atom is 0.418 e. The van der Waals surface area contributed by atoms with Crippen LogP contribution in [0, 0.1) is 35.5 Å². The van der Waals surface area contributed by atoms with Gasteiger partial charge in [0.05, 0.1) is 28.8 Å². The average Bonchev–Trinajstić information content (AvgIpc) is 3.57. The predicted octanol–water partition coefficient (Wildman–Crippen LogP) is 4.52. The number of imide groups is 1. The second kappa shape index (κ2) is 6.79. The third-order valence-electron chi connectivity index (χ3n) is 7.51. The predicted molar refractivity (Wildman–Crippen MR) is 113 cm³/mol. The van der Waals surface area contributed by atoms with Gasteiger partial charge in [0.15, 0.2) is 0 Å². The number of carbonyl (C=O) groups is 3. The molecular formula is C25H19F3N2O3. The minimum Gasteiger partial charge on any atom is -0.321 e. The van der Waals surface area contributed by atoms with Crippen molar-refractivity contribution in [3.8, 4) is 0 Å². The van der Waals surface area contributed by atoms with Crippen LogP contribution in [0.2, 0.25) is 0 Å². The number of para-hydroxylation sites is 1. The van der Waals surface area contributed by atoms with Crippen molar-refractivity contribution in [3.05, 3.63) is 71.8 Å². The molecule has 3 fully saturated rings. The van der Waals surface area contributed by atoms with Gasteiger partial charge in [-0.1, -0.05) is 30.4 Å². The number of alkyl halides is 3. The summed E-state index contributed by atoms with van der Waals surface area (Å²) in [4.78, 5) is 40.5. The molecular weight excluding hydrogens is 433 g/mol. The van der Waals surface area contributed by atoms with Gasteiger partial charge in [0.1, 0.15) is 0 Å². The zero-order valence-electron chi connectivity index (χ0n) is 17.3. The summed E-state index contributed by atoms with van der Waals surface area (Å²) in [5.74, 6) is -0.890. The van der Waals surface area contributed by atoms with Crippen molar-refractivity contribution in [1.82, 2.24) is 0 Å². The summed E-state index contributed by atoms with van der Waals surface area (Å²) in [6, 6.07) is 10.6. The van der Waals surface area contributed by atoms with E-state index in [0.29, 0.717) is 11.8 Å². The number of allylic oxidation sites excluding steroid dienone is 2. The second-order valence-corrected chi connectivity index (χ2v) is 9.21. The summed E-state index contributed by atoms with van der Waals surface area (Å²) in [6.45, 7) is 0. The SMILES string of the molecule is O=C(Nc1ccccc1C(F)(F)F)c1cccc(N2C(=O)[C@@H]3[C@H]4C=C[C@@H]([C@@H]5C[C@H]45)[C@H]3C2=O)c1. The van der Waals surface area contributed by atoms with Crippen LogP contribution in [0.4, 0.5) is 24.5 Å². The number of nitrogens with one attached hydrogen (secondary N) is 1. The van der Waals surface area contributed by atoms with Crippen LogP contribution in [0.15, 0.2) is 60.7 Å². The molecule has 5 aliphatic rings. The molecule has 6 atom stereocenters. The average molecular weight is 452 g/mol. The van der Waals surface area contributed by atoms with Crippen molar-refractivity contribution in [1.29, 1.82) is 0 Å². The molecule has 1 saturated heterocycles. The van der Waals surface area contributed by atoms with E-state index in [0.717, 1.165) is 17.4 Å². The van der Waals surface area contributed by atoms with E-state index in [2.05, 4.69) is 17.5 Å². The van der Waals surface area contributed by atoms with Gasteiger partial charge in [-0.25, -0.2) is 4.90 Å². The molecule has 1 N–H and O–H groups in total. The number of nitrogens with zero attached hydrogens (tertiary/aromatic N) is 1. The number of benzene rings is 2. The van der Waals surface area contributed by atoms with Gasteiger partial charge in [-0.15, -0.1) is 0 Å². The van der Waals surface area contributed by atoms with Crippen LogP contribution >= 0.6 is 0 Å². The van der Waals surface area contributed by atoms with E-state index >= 15 is 0 Å². The second-order valence-electron chi connectivity index (χ2n) is 9.21. The van der Waals surface area contributed by atoms with E-state index in [1.165, 1.54) is 36.4 Å². The highest BCUT2D eigenvalue weighted by Crippen LogP contribution is 2.65. The van der Waals surface area contributed by atoms with E-state index in [1.807, 2.05) is 0 Å². The van der Waals surface area contributed by atoms with Crippen molar-refractivity contribution in [2.45, 2.75) is 12.6 Å². The topological polar surface area (TPSA) is 66.5 Å². The summed E-state index contributed by atoms with van der Waals surface area (Å²) in [6.07, 6.45) is 0.600. The number of anilines is 2. The molecule has 1 aliphatic heterocycles. The van der Waals surface area contributed by atoms with Gasteiger partial charge in [-0.05, 0) is 60.4 Å². The number of rotatable bonds is 3. The Morgan fingerprint density at radius 1 is 0.909 bits per heavy atom. The molecule has 8 heteroatoms. The number of hydrogen-bond donors (Lipinski definition) is 1. The lowest BCUT2D eigenvalue weighted by Gasteiger charge is -2.37. The standard InChI is InChI=1S/C25H19F3N2O3/c26-25(27,28)18-6-1-2-7-19(18)29-22(31)12-4-3-5-13(10-12)30-23(32)20-14-8-9-15(17-11-16(14)17)21(20)24(30)33/h1-10,14-17,20-21H,11H2,(H,29,31)/t14-,15-,16-,17+,20+,21+/m0/s1. The fourth-order valence-electron chi connectivity index (χ4n) is 6.03. The van der Waals surface area contributed by atoms with Crippen LogP contribution < -0.4 is 10.2 Å². The minimum absolute atomic E-state index is 0.0592. The van der Waals surface area contributed by atoms with Gasteiger partial charge in [0.2, 0.25) is 11.8 Å². The molecule has 0 unspecified atom stereocenters. The van der Waals surface area contributed by atoms with Crippen LogP contribution in [0.3, 0.4) is 0 Å². The molecule has 2 bridgehead atoms.